The topological polar surface area (TPSA) is 57.8 Å². The summed E-state index contributed by atoms with van der Waals surface area (Å²) in [6.45, 7) is 0. The van der Waals surface area contributed by atoms with E-state index in [9.17, 15) is 9.18 Å². The zero-order valence-corrected chi connectivity index (χ0v) is 9.61. The summed E-state index contributed by atoms with van der Waals surface area (Å²) >= 11 is 0. The Balaban J connectivity index is 1.78. The number of aromatic amines is 1. The maximum Gasteiger partial charge on any atom is 0.228 e. The molecule has 1 aromatic heterocycles. The molecule has 0 radical (unpaired) electrons. The molecule has 2 aromatic rings. The molecular weight excluding hydrogens is 233 g/mol. The second-order valence-electron chi connectivity index (χ2n) is 4.44. The first-order chi connectivity index (χ1) is 8.72. The van der Waals surface area contributed by atoms with Crippen LogP contribution in [0.1, 0.15) is 12.8 Å². The van der Waals surface area contributed by atoms with Crippen LogP contribution in [0.3, 0.4) is 0 Å². The van der Waals surface area contributed by atoms with Gasteiger partial charge in [-0.15, -0.1) is 0 Å². The minimum absolute atomic E-state index is 0.00675. The molecule has 18 heavy (non-hydrogen) atoms. The van der Waals surface area contributed by atoms with Crippen molar-refractivity contribution in [3.05, 3.63) is 36.1 Å². The van der Waals surface area contributed by atoms with E-state index in [0.717, 1.165) is 12.8 Å². The van der Waals surface area contributed by atoms with Gasteiger partial charge in [0, 0.05) is 17.5 Å². The Kier molecular flexibility index (Phi) is 2.59. The molecule has 0 unspecified atom stereocenters. The zero-order valence-electron chi connectivity index (χ0n) is 9.61. The SMILES string of the molecule is O=C(Nc1cc(-c2cccc(F)c2)[nH]n1)C1CC1. The van der Waals surface area contributed by atoms with Crippen LogP contribution in [0.2, 0.25) is 0 Å². The van der Waals surface area contributed by atoms with Crippen molar-refractivity contribution >= 4 is 11.7 Å². The van der Waals surface area contributed by atoms with E-state index in [1.54, 1.807) is 18.2 Å². The average molecular weight is 245 g/mol. The van der Waals surface area contributed by atoms with Gasteiger partial charge in [-0.05, 0) is 25.0 Å². The van der Waals surface area contributed by atoms with Gasteiger partial charge in [-0.3, -0.25) is 9.89 Å². The molecule has 0 aliphatic heterocycles. The average Bonchev–Trinajstić information content (AvgIpc) is 3.10. The molecule has 2 N–H and O–H groups in total. The lowest BCUT2D eigenvalue weighted by atomic mass is 10.1. The number of nitrogens with one attached hydrogen (secondary N) is 2. The largest absolute Gasteiger partial charge is 0.309 e. The van der Waals surface area contributed by atoms with Crippen molar-refractivity contribution in [3.8, 4) is 11.3 Å². The van der Waals surface area contributed by atoms with Gasteiger partial charge in [-0.1, -0.05) is 12.1 Å². The number of nitrogens with zero attached hydrogens (tertiary/aromatic N) is 1. The van der Waals surface area contributed by atoms with Crippen LogP contribution >= 0.6 is 0 Å². The summed E-state index contributed by atoms with van der Waals surface area (Å²) in [7, 11) is 0. The highest BCUT2D eigenvalue weighted by molar-refractivity contribution is 5.93. The number of amides is 1. The first kappa shape index (κ1) is 11.0. The Bertz CT molecular complexity index is 589. The Hall–Kier alpha value is -2.17. The van der Waals surface area contributed by atoms with E-state index in [1.165, 1.54) is 12.1 Å². The first-order valence-corrected chi connectivity index (χ1v) is 5.84. The van der Waals surface area contributed by atoms with Crippen LogP contribution in [0.4, 0.5) is 10.2 Å². The molecule has 1 aromatic carbocycles. The Morgan fingerprint density at radius 2 is 2.22 bits per heavy atom. The highest BCUT2D eigenvalue weighted by Gasteiger charge is 2.29. The lowest BCUT2D eigenvalue weighted by Crippen LogP contribution is -2.13. The Morgan fingerprint density at radius 3 is 2.94 bits per heavy atom. The predicted octanol–water partition coefficient (Wildman–Crippen LogP) is 2.56. The molecule has 3 rings (SSSR count). The number of halogens is 1. The van der Waals surface area contributed by atoms with Crippen LogP contribution in [0.5, 0.6) is 0 Å². The number of carbonyl (C=O) groups is 1. The molecule has 1 heterocycles. The fourth-order valence-electron chi connectivity index (χ4n) is 1.76. The zero-order chi connectivity index (χ0) is 12.5. The standard InChI is InChI=1S/C13H12FN3O/c14-10-3-1-2-9(6-10)11-7-12(17-16-11)15-13(18)8-4-5-8/h1-3,6-8H,4-5H2,(H2,15,16,17,18). The van der Waals surface area contributed by atoms with Crippen molar-refractivity contribution in [2.45, 2.75) is 12.8 Å². The highest BCUT2D eigenvalue weighted by atomic mass is 19.1. The van der Waals surface area contributed by atoms with Crippen molar-refractivity contribution in [1.29, 1.82) is 0 Å². The van der Waals surface area contributed by atoms with E-state index in [2.05, 4.69) is 15.5 Å². The lowest BCUT2D eigenvalue weighted by Gasteiger charge is -1.97. The van der Waals surface area contributed by atoms with Gasteiger partial charge in [-0.25, -0.2) is 4.39 Å². The summed E-state index contributed by atoms with van der Waals surface area (Å²) in [6, 6.07) is 7.92. The second kappa shape index (κ2) is 4.25. The monoisotopic (exact) mass is 245 g/mol. The predicted molar refractivity (Wildman–Crippen MR) is 65.3 cm³/mol. The van der Waals surface area contributed by atoms with Crippen molar-refractivity contribution in [3.63, 3.8) is 0 Å². The number of rotatable bonds is 3. The molecule has 1 aliphatic carbocycles. The quantitative estimate of drug-likeness (QED) is 0.873. The van der Waals surface area contributed by atoms with Crippen molar-refractivity contribution in [2.24, 2.45) is 5.92 Å². The summed E-state index contributed by atoms with van der Waals surface area (Å²) in [6.07, 6.45) is 1.90. The molecule has 1 fully saturated rings. The van der Waals surface area contributed by atoms with Crippen LogP contribution in [0.25, 0.3) is 11.3 Å². The summed E-state index contributed by atoms with van der Waals surface area (Å²) in [5, 5.41) is 9.51. The number of anilines is 1. The van der Waals surface area contributed by atoms with Gasteiger partial charge in [-0.2, -0.15) is 5.10 Å². The molecule has 1 saturated carbocycles. The smallest absolute Gasteiger partial charge is 0.228 e. The third kappa shape index (κ3) is 2.25. The molecule has 4 nitrogen and oxygen atoms in total. The maximum absolute atomic E-state index is 13.1. The van der Waals surface area contributed by atoms with E-state index >= 15 is 0 Å². The molecule has 0 bridgehead atoms. The Labute approximate surface area is 103 Å². The van der Waals surface area contributed by atoms with E-state index in [1.807, 2.05) is 0 Å². The van der Waals surface area contributed by atoms with Gasteiger partial charge < -0.3 is 5.32 Å². The van der Waals surface area contributed by atoms with Crippen LogP contribution in [0.15, 0.2) is 30.3 Å². The van der Waals surface area contributed by atoms with Crippen LogP contribution in [-0.4, -0.2) is 16.1 Å². The van der Waals surface area contributed by atoms with Crippen LogP contribution in [-0.2, 0) is 4.79 Å². The summed E-state index contributed by atoms with van der Waals surface area (Å²) in [4.78, 5) is 11.5. The summed E-state index contributed by atoms with van der Waals surface area (Å²) < 4.78 is 13.1. The summed E-state index contributed by atoms with van der Waals surface area (Å²) in [5.74, 6) is 0.323. The Morgan fingerprint density at radius 1 is 1.39 bits per heavy atom. The molecule has 1 aliphatic rings. The van der Waals surface area contributed by atoms with Crippen LogP contribution < -0.4 is 5.32 Å². The van der Waals surface area contributed by atoms with Crippen molar-refractivity contribution in [1.82, 2.24) is 10.2 Å². The van der Waals surface area contributed by atoms with Crippen molar-refractivity contribution in [2.75, 3.05) is 5.32 Å². The highest BCUT2D eigenvalue weighted by Crippen LogP contribution is 2.30. The molecular formula is C13H12FN3O. The minimum Gasteiger partial charge on any atom is -0.309 e. The number of benzene rings is 1. The van der Waals surface area contributed by atoms with E-state index in [4.69, 9.17) is 0 Å². The fraction of sp³-hybridized carbons (Fsp3) is 0.231. The van der Waals surface area contributed by atoms with Gasteiger partial charge in [0.1, 0.15) is 5.82 Å². The van der Waals surface area contributed by atoms with Gasteiger partial charge in [0.15, 0.2) is 5.82 Å². The lowest BCUT2D eigenvalue weighted by molar-refractivity contribution is -0.117. The van der Waals surface area contributed by atoms with E-state index in [-0.39, 0.29) is 17.6 Å². The summed E-state index contributed by atoms with van der Waals surface area (Å²) in [5.41, 5.74) is 1.38. The minimum atomic E-state index is -0.300. The van der Waals surface area contributed by atoms with Gasteiger partial charge in [0.2, 0.25) is 5.91 Å². The van der Waals surface area contributed by atoms with Gasteiger partial charge in [0.25, 0.3) is 0 Å². The molecule has 0 atom stereocenters. The van der Waals surface area contributed by atoms with E-state index in [0.29, 0.717) is 17.1 Å². The number of hydrogen-bond acceptors (Lipinski definition) is 2. The number of aromatic nitrogens is 2. The van der Waals surface area contributed by atoms with Crippen molar-refractivity contribution < 1.29 is 9.18 Å². The van der Waals surface area contributed by atoms with Gasteiger partial charge in [0.05, 0.1) is 5.69 Å². The maximum atomic E-state index is 13.1. The first-order valence-electron chi connectivity index (χ1n) is 5.84. The molecule has 0 spiro atoms. The second-order valence-corrected chi connectivity index (χ2v) is 4.44. The number of carbonyl (C=O) groups excluding carboxylic acids is 1. The fourth-order valence-corrected chi connectivity index (χ4v) is 1.76. The number of H-pyrrole nitrogens is 1. The van der Waals surface area contributed by atoms with Crippen LogP contribution in [0, 0.1) is 11.7 Å². The third-order valence-corrected chi connectivity index (χ3v) is 2.91. The molecule has 5 heteroatoms. The van der Waals surface area contributed by atoms with E-state index < -0.39 is 0 Å². The van der Waals surface area contributed by atoms with Gasteiger partial charge >= 0.3 is 0 Å². The molecule has 0 saturated heterocycles. The molecule has 1 amide bonds. The number of hydrogen-bond donors (Lipinski definition) is 2. The normalized spacial score (nSPS) is 14.5. The third-order valence-electron chi connectivity index (χ3n) is 2.91. The molecule has 92 valence electrons.